The number of unbranched alkanes of at least 4 members (excludes halogenated alkanes) is 2. The molecule has 1 saturated heterocycles. The number of hydrogen-bond acceptors (Lipinski definition) is 2. The minimum atomic E-state index is 0. The number of phenolic OH excluding ortho intramolecular Hbond substituents is 1. The van der Waals surface area contributed by atoms with Crippen molar-refractivity contribution < 1.29 is 22.4 Å². The molecule has 1 heterocycles. The van der Waals surface area contributed by atoms with Gasteiger partial charge in [-0.05, 0) is 36.1 Å². The maximum atomic E-state index is 9.87. The van der Waals surface area contributed by atoms with E-state index in [1.165, 1.54) is 30.6 Å². The molecular formula is C19H27ClN2O. The number of nitrogens with one attached hydrogen (secondary N) is 1. The van der Waals surface area contributed by atoms with Crippen LogP contribution in [0.1, 0.15) is 50.7 Å². The average molecular weight is 335 g/mol. The number of phenols is 1. The first-order chi connectivity index (χ1) is 10.6. The molecule has 1 unspecified atom stereocenters. The van der Waals surface area contributed by atoms with Crippen molar-refractivity contribution >= 4 is 0 Å². The van der Waals surface area contributed by atoms with Gasteiger partial charge in [-0.2, -0.15) is 5.26 Å². The van der Waals surface area contributed by atoms with E-state index in [1.807, 2.05) is 12.1 Å². The first kappa shape index (κ1) is 18.1. The van der Waals surface area contributed by atoms with E-state index < -0.39 is 0 Å². The fourth-order valence-electron chi connectivity index (χ4n) is 4.71. The molecule has 2 N–H and O–H groups in total. The number of likely N-dealkylation sites (tertiary alicyclic amines) is 1. The first-order valence-corrected chi connectivity index (χ1v) is 8.60. The van der Waals surface area contributed by atoms with Gasteiger partial charge in [0, 0.05) is 30.6 Å². The van der Waals surface area contributed by atoms with E-state index in [0.29, 0.717) is 24.1 Å². The Morgan fingerprint density at radius 2 is 2.17 bits per heavy atom. The van der Waals surface area contributed by atoms with Crippen molar-refractivity contribution in [2.75, 3.05) is 13.1 Å². The summed E-state index contributed by atoms with van der Waals surface area (Å²) in [4.78, 5) is 1.72. The molecule has 4 heteroatoms. The van der Waals surface area contributed by atoms with Crippen LogP contribution in [0, 0.1) is 17.2 Å². The molecule has 0 aromatic heterocycles. The predicted octanol–water partition coefficient (Wildman–Crippen LogP) is -0.803. The van der Waals surface area contributed by atoms with E-state index in [1.54, 1.807) is 4.90 Å². The van der Waals surface area contributed by atoms with Crippen LogP contribution in [0.4, 0.5) is 0 Å². The second-order valence-electron chi connectivity index (χ2n) is 7.38. The van der Waals surface area contributed by atoms with Crippen molar-refractivity contribution in [1.29, 1.82) is 5.26 Å². The summed E-state index contributed by atoms with van der Waals surface area (Å²) in [6.45, 7) is 7.19. The number of nitrogens with zero attached hydrogens (tertiary/aromatic N) is 1. The summed E-state index contributed by atoms with van der Waals surface area (Å²) >= 11 is 0. The number of benzene rings is 1. The van der Waals surface area contributed by atoms with Gasteiger partial charge in [0.2, 0.25) is 0 Å². The summed E-state index contributed by atoms with van der Waals surface area (Å²) < 4.78 is 0. The molecular weight excluding hydrogens is 308 g/mol. The van der Waals surface area contributed by atoms with Crippen LogP contribution in [0.25, 0.3) is 0 Å². The second-order valence-corrected chi connectivity index (χ2v) is 7.38. The number of hydrogen-bond donors (Lipinski definition) is 2. The van der Waals surface area contributed by atoms with Crippen LogP contribution in [-0.4, -0.2) is 24.2 Å². The minimum absolute atomic E-state index is 0. The van der Waals surface area contributed by atoms with Gasteiger partial charge >= 0.3 is 0 Å². The Hall–Kier alpha value is -1.24. The van der Waals surface area contributed by atoms with Crippen LogP contribution in [0.5, 0.6) is 5.75 Å². The number of fused-ring (bicyclic) bond motifs is 4. The van der Waals surface area contributed by atoms with Gasteiger partial charge in [0.1, 0.15) is 5.75 Å². The first-order valence-electron chi connectivity index (χ1n) is 8.60. The van der Waals surface area contributed by atoms with E-state index in [-0.39, 0.29) is 17.8 Å². The highest BCUT2D eigenvalue weighted by Crippen LogP contribution is 2.45. The number of nitriles is 1. The van der Waals surface area contributed by atoms with Crippen molar-refractivity contribution in [2.24, 2.45) is 5.92 Å². The normalized spacial score (nSPS) is 31.6. The van der Waals surface area contributed by atoms with Crippen molar-refractivity contribution in [3.05, 3.63) is 29.3 Å². The molecule has 4 atom stereocenters. The lowest BCUT2D eigenvalue weighted by Gasteiger charge is -2.52. The lowest BCUT2D eigenvalue weighted by Crippen LogP contribution is -3.18. The lowest BCUT2D eigenvalue weighted by atomic mass is 9.59. The summed E-state index contributed by atoms with van der Waals surface area (Å²) in [5.74, 6) is 1.04. The molecule has 1 aliphatic carbocycles. The Labute approximate surface area is 145 Å². The highest BCUT2D eigenvalue weighted by atomic mass is 35.5. The zero-order valence-electron chi connectivity index (χ0n) is 14.1. The summed E-state index contributed by atoms with van der Waals surface area (Å²) in [7, 11) is 0. The van der Waals surface area contributed by atoms with Crippen molar-refractivity contribution in [1.82, 2.24) is 0 Å². The number of halogens is 1. The van der Waals surface area contributed by atoms with Gasteiger partial charge in [-0.15, -0.1) is 0 Å². The maximum absolute atomic E-state index is 9.87. The van der Waals surface area contributed by atoms with E-state index in [9.17, 15) is 5.11 Å². The third kappa shape index (κ3) is 3.20. The van der Waals surface area contributed by atoms with Crippen LogP contribution >= 0.6 is 0 Å². The minimum Gasteiger partial charge on any atom is -1.00 e. The average Bonchev–Trinajstić information content (AvgIpc) is 2.50. The quantitative estimate of drug-likeness (QED) is 0.708. The SMILES string of the molecule is C[C@@H]1[C@@H]2Cc3ccc(O)cc3[C@@]1(C)CC[NH+]2CCCCC#N.[Cl-]. The van der Waals surface area contributed by atoms with Gasteiger partial charge in [-0.3, -0.25) is 0 Å². The Bertz CT molecular complexity index is 598. The molecule has 3 nitrogen and oxygen atoms in total. The molecule has 3 rings (SSSR count). The highest BCUT2D eigenvalue weighted by molar-refractivity contribution is 5.43. The Morgan fingerprint density at radius 3 is 2.91 bits per heavy atom. The predicted molar refractivity (Wildman–Crippen MR) is 86.9 cm³/mol. The summed E-state index contributed by atoms with van der Waals surface area (Å²) in [5, 5.41) is 18.5. The van der Waals surface area contributed by atoms with Crippen molar-refractivity contribution in [2.45, 2.75) is 57.4 Å². The molecule has 0 spiro atoms. The van der Waals surface area contributed by atoms with E-state index in [4.69, 9.17) is 5.26 Å². The third-order valence-corrected chi connectivity index (χ3v) is 6.28. The Morgan fingerprint density at radius 1 is 1.39 bits per heavy atom. The van der Waals surface area contributed by atoms with Gasteiger partial charge in [-0.1, -0.05) is 19.9 Å². The number of quaternary nitrogens is 1. The van der Waals surface area contributed by atoms with Crippen LogP contribution in [-0.2, 0) is 11.8 Å². The molecule has 1 fully saturated rings. The van der Waals surface area contributed by atoms with E-state index in [0.717, 1.165) is 19.3 Å². The molecule has 0 saturated carbocycles. The van der Waals surface area contributed by atoms with Crippen LogP contribution in [0.3, 0.4) is 0 Å². The van der Waals surface area contributed by atoms with Gasteiger partial charge in [-0.25, -0.2) is 0 Å². The summed E-state index contributed by atoms with van der Waals surface area (Å²) in [6.07, 6.45) is 5.19. The zero-order valence-corrected chi connectivity index (χ0v) is 14.9. The number of aromatic hydroxyl groups is 1. The number of piperidine rings is 1. The van der Waals surface area contributed by atoms with Gasteiger partial charge < -0.3 is 22.4 Å². The van der Waals surface area contributed by atoms with Crippen molar-refractivity contribution in [3.63, 3.8) is 0 Å². The summed E-state index contributed by atoms with van der Waals surface area (Å²) in [5.41, 5.74) is 3.00. The fraction of sp³-hybridized carbons (Fsp3) is 0.632. The molecule has 2 aliphatic rings. The highest BCUT2D eigenvalue weighted by Gasteiger charge is 2.50. The molecule has 126 valence electrons. The molecule has 1 aromatic rings. The van der Waals surface area contributed by atoms with Crippen molar-refractivity contribution in [3.8, 4) is 11.8 Å². The number of rotatable bonds is 4. The smallest absolute Gasteiger partial charge is 0.115 e. The van der Waals surface area contributed by atoms with Crippen LogP contribution in [0.2, 0.25) is 0 Å². The summed E-state index contributed by atoms with van der Waals surface area (Å²) in [6, 6.07) is 8.89. The largest absolute Gasteiger partial charge is 1.00 e. The molecule has 0 amide bonds. The molecule has 2 bridgehead atoms. The standard InChI is InChI=1S/C19H26N2O.ClH/c1-14-18-12-15-6-7-16(22)13-17(15)19(14,2)8-11-21(18)10-5-3-4-9-20;/h6-7,13-14,18,22H,3-5,8,10-12H2,1-2H3;1H/t14-,18+,19+;/m1./s1. The van der Waals surface area contributed by atoms with Gasteiger partial charge in [0.25, 0.3) is 0 Å². The second kappa shape index (κ2) is 7.11. The monoisotopic (exact) mass is 334 g/mol. The van der Waals surface area contributed by atoms with E-state index in [2.05, 4.69) is 26.0 Å². The molecule has 0 radical (unpaired) electrons. The molecule has 1 aromatic carbocycles. The Balaban J connectivity index is 0.00000192. The van der Waals surface area contributed by atoms with E-state index >= 15 is 0 Å². The van der Waals surface area contributed by atoms with Gasteiger partial charge in [0.15, 0.2) is 0 Å². The molecule has 23 heavy (non-hydrogen) atoms. The topological polar surface area (TPSA) is 48.5 Å². The van der Waals surface area contributed by atoms with Crippen LogP contribution < -0.4 is 17.3 Å². The van der Waals surface area contributed by atoms with Gasteiger partial charge in [0.05, 0.1) is 25.2 Å². The molecule has 1 aliphatic heterocycles. The fourth-order valence-corrected chi connectivity index (χ4v) is 4.71. The maximum Gasteiger partial charge on any atom is 0.115 e. The third-order valence-electron chi connectivity index (χ3n) is 6.28. The lowest BCUT2D eigenvalue weighted by molar-refractivity contribution is -0.937. The Kier molecular flexibility index (Phi) is 5.60. The van der Waals surface area contributed by atoms with Crippen LogP contribution in [0.15, 0.2) is 18.2 Å². The zero-order chi connectivity index (χ0) is 15.7.